The SMILES string of the molecule is C=Cc1ccc(C(=O)O)cc1.C=Cc1ccc(C2CO2)cc1.C=Cc1ccc(C2COC(=O)O2)cc1.C=Cc1ccc(CC)cc1.C=Cc1ccc(CO)cc1.C=Cc1ccc(N=C=O)cc1.C=Cc1ccc(N=C=S)cc1.C=Cc1ccc(P(=O)(O)O)cc1.C=Cc1ccc(S(=O)(=O)O)cc1. The van der Waals surface area contributed by atoms with Gasteiger partial charge in [-0.1, -0.05) is 279 Å². The predicted molar refractivity (Wildman–Crippen MR) is 419 cm³/mol. The van der Waals surface area contributed by atoms with Crippen LogP contribution >= 0.6 is 19.8 Å². The third-order valence-electron chi connectivity index (χ3n) is 13.9. The molecule has 2 atom stereocenters. The number of hydrogen-bond donors (Lipinski definition) is 5. The molecule has 9 aromatic carbocycles. The topological polar surface area (TPSA) is 259 Å². The van der Waals surface area contributed by atoms with Gasteiger partial charge in [-0.05, 0) is 152 Å². The summed E-state index contributed by atoms with van der Waals surface area (Å²) in [6.45, 7) is 35.9. The second-order valence-corrected chi connectivity index (χ2v) is 24.1. The van der Waals surface area contributed by atoms with Gasteiger partial charge in [0.15, 0.2) is 6.10 Å². The predicted octanol–water partition coefficient (Wildman–Crippen LogP) is 19.7. The summed E-state index contributed by atoms with van der Waals surface area (Å²) in [6.07, 6.45) is 17.7. The number of rotatable bonds is 18. The maximum Gasteiger partial charge on any atom is 0.509 e. The highest BCUT2D eigenvalue weighted by Gasteiger charge is 2.26. The Bertz CT molecular complexity index is 4240. The lowest BCUT2D eigenvalue weighted by molar-refractivity contribution is 0.0696. The van der Waals surface area contributed by atoms with Gasteiger partial charge in [0, 0.05) is 0 Å². The van der Waals surface area contributed by atoms with Crippen molar-refractivity contribution in [2.45, 2.75) is 37.1 Å². The molecular formula is C83H81N2O14PS2. The monoisotopic (exact) mass is 1420 g/mol. The van der Waals surface area contributed by atoms with Crippen LogP contribution in [-0.4, -0.2) is 69.6 Å². The Morgan fingerprint density at radius 2 is 0.824 bits per heavy atom. The van der Waals surface area contributed by atoms with E-state index in [4.69, 9.17) is 38.8 Å². The highest BCUT2D eigenvalue weighted by molar-refractivity contribution is 7.85. The Balaban J connectivity index is 0.000000299. The molecule has 9 aromatic rings. The second kappa shape index (κ2) is 46.7. The van der Waals surface area contributed by atoms with E-state index in [-0.39, 0.29) is 22.9 Å². The van der Waals surface area contributed by atoms with Crippen molar-refractivity contribution in [2.75, 3.05) is 13.2 Å². The average molecular weight is 1430 g/mol. The molecular weight excluding hydrogens is 1340 g/mol. The quantitative estimate of drug-likeness (QED) is 0.0102. The van der Waals surface area contributed by atoms with Crippen molar-refractivity contribution in [3.63, 3.8) is 0 Å². The summed E-state index contributed by atoms with van der Waals surface area (Å²) >= 11 is 4.46. The van der Waals surface area contributed by atoms with Crippen LogP contribution in [-0.2, 0) is 46.7 Å². The van der Waals surface area contributed by atoms with Gasteiger partial charge in [-0.2, -0.15) is 18.4 Å². The fraction of sp³-hybridized carbons (Fsp3) is 0.0843. The molecule has 5 N–H and O–H groups in total. The third-order valence-corrected chi connectivity index (χ3v) is 15.8. The van der Waals surface area contributed by atoms with Crippen LogP contribution in [0.5, 0.6) is 0 Å². The van der Waals surface area contributed by atoms with E-state index in [1.807, 2.05) is 97.1 Å². The summed E-state index contributed by atoms with van der Waals surface area (Å²) in [4.78, 5) is 55.5. The van der Waals surface area contributed by atoms with Crippen molar-refractivity contribution in [3.8, 4) is 0 Å². The number of ether oxygens (including phenoxy) is 3. The Morgan fingerprint density at radius 3 is 1.11 bits per heavy atom. The maximum absolute atomic E-state index is 10.7. The zero-order valence-electron chi connectivity index (χ0n) is 56.4. The number of aliphatic hydroxyl groups excluding tert-OH is 1. The van der Waals surface area contributed by atoms with E-state index in [0.717, 1.165) is 74.3 Å². The maximum atomic E-state index is 10.7. The van der Waals surface area contributed by atoms with Crippen molar-refractivity contribution in [3.05, 3.63) is 355 Å². The molecule has 0 aromatic heterocycles. The zero-order valence-corrected chi connectivity index (χ0v) is 58.9. The van der Waals surface area contributed by atoms with Gasteiger partial charge in [-0.3, -0.25) is 9.12 Å². The number of benzene rings is 9. The lowest BCUT2D eigenvalue weighted by Gasteiger charge is -2.06. The standard InChI is InChI=1S/C11H10O3.C10H10O.C10H12.C9H7NO.C9H7NS.C9H8O2.C9H10O.C8H9O3P.C8H8O3S/c1-2-8-3-5-9(6-4-8)10-7-13-11(12)14-10;1-2-8-3-5-9(6-4-8)10-7-11-10;1-3-9-5-7-10(4-2)8-6-9;2*1-2-8-3-5-9(6-4-8)10-7-11;1-2-7-3-5-8(6-4-7)9(10)11;1-2-8-3-5-9(7-10)6-4-8;2*1-2-7-3-5-8(6-4-7)12(9,10)11/h2-6,10H,1,7H2;2-6,10H,1,7H2;3,5-8H,1,4H2,2H3;2*2-6H,1H2;2-6H,1H2,(H,10,11);2-6,10H,1,7H2;2-6H,1H2,(H2,9,10,11);2-6H,1H2,(H,9,10,11). The first-order valence-electron chi connectivity index (χ1n) is 31.0. The van der Waals surface area contributed by atoms with Crippen LogP contribution in [0.3, 0.4) is 0 Å². The molecule has 2 fully saturated rings. The van der Waals surface area contributed by atoms with Crippen LogP contribution in [0.2, 0.25) is 0 Å². The summed E-state index contributed by atoms with van der Waals surface area (Å²) in [7, 11) is -8.14. The number of hydrogen-bond acceptors (Lipinski definition) is 13. The number of thiocarbonyl (C=S) groups is 1. The fourth-order valence-corrected chi connectivity index (χ4v) is 9.02. The molecule has 0 radical (unpaired) electrons. The Morgan fingerprint density at radius 1 is 0.510 bits per heavy atom. The molecule has 0 saturated carbocycles. The highest BCUT2D eigenvalue weighted by Crippen LogP contribution is 2.33. The molecule has 524 valence electrons. The molecule has 102 heavy (non-hydrogen) atoms. The Hall–Kier alpha value is -11.5. The van der Waals surface area contributed by atoms with E-state index in [1.165, 1.54) is 47.0 Å². The third kappa shape index (κ3) is 33.4. The molecule has 0 spiro atoms. The normalized spacial score (nSPS) is 12.3. The fourth-order valence-electron chi connectivity index (χ4n) is 7.89. The summed E-state index contributed by atoms with van der Waals surface area (Å²) < 4.78 is 55.2. The van der Waals surface area contributed by atoms with E-state index in [9.17, 15) is 27.4 Å². The molecule has 2 aliphatic heterocycles. The lowest BCUT2D eigenvalue weighted by Crippen LogP contribution is -2.02. The molecule has 0 amide bonds. The number of isothiocyanates is 1. The highest BCUT2D eigenvalue weighted by atomic mass is 32.2. The van der Waals surface area contributed by atoms with Crippen molar-refractivity contribution in [2.24, 2.45) is 9.98 Å². The van der Waals surface area contributed by atoms with E-state index in [2.05, 4.69) is 142 Å². The van der Waals surface area contributed by atoms with Gasteiger partial charge >= 0.3 is 19.7 Å². The van der Waals surface area contributed by atoms with Crippen LogP contribution < -0.4 is 5.30 Å². The number of aryl methyl sites for hydroxylation is 1. The van der Waals surface area contributed by atoms with Gasteiger partial charge in [0.2, 0.25) is 6.08 Å². The molecule has 0 aliphatic carbocycles. The minimum absolute atomic E-state index is 0.0353. The van der Waals surface area contributed by atoms with Gasteiger partial charge in [-0.25, -0.2) is 14.4 Å². The van der Waals surface area contributed by atoms with Gasteiger partial charge in [0.1, 0.15) is 12.7 Å². The van der Waals surface area contributed by atoms with E-state index in [0.29, 0.717) is 24.0 Å². The average Bonchev–Trinajstić information content (AvgIpc) is 1.58. The summed E-state index contributed by atoms with van der Waals surface area (Å²) in [5, 5.41) is 19.5. The molecule has 19 heteroatoms. The number of carbonyl (C=O) groups is 2. The largest absolute Gasteiger partial charge is 0.509 e. The molecule has 2 heterocycles. The number of epoxide rings is 1. The number of isocyanates is 1. The summed E-state index contributed by atoms with van der Waals surface area (Å²) in [5.74, 6) is -0.902. The Kier molecular flexibility index (Phi) is 38.8. The number of aromatic carboxylic acids is 1. The first-order chi connectivity index (χ1) is 49.0. The van der Waals surface area contributed by atoms with E-state index < -0.39 is 29.8 Å². The van der Waals surface area contributed by atoms with Crippen molar-refractivity contribution in [1.82, 2.24) is 0 Å². The Labute approximate surface area is 603 Å². The lowest BCUT2D eigenvalue weighted by atomic mass is 10.1. The molecule has 16 nitrogen and oxygen atoms in total. The number of nitrogens with zero attached hydrogens (tertiary/aromatic N) is 2. The van der Waals surface area contributed by atoms with Crippen LogP contribution in [0.1, 0.15) is 102 Å². The van der Waals surface area contributed by atoms with Gasteiger partial charge in [0.05, 0.1) is 45.5 Å². The smallest absolute Gasteiger partial charge is 0.478 e. The minimum Gasteiger partial charge on any atom is -0.478 e. The molecule has 2 saturated heterocycles. The van der Waals surface area contributed by atoms with E-state index in [1.54, 1.807) is 103 Å². The number of carbonyl (C=O) groups excluding carboxylic acids is 2. The minimum atomic E-state index is -4.08. The molecule has 2 unspecified atom stereocenters. The number of carboxylic acid groups (broad SMARTS) is 1. The van der Waals surface area contributed by atoms with Gasteiger partial charge in [0.25, 0.3) is 10.1 Å². The second-order valence-electron chi connectivity index (χ2n) is 20.9. The van der Waals surface area contributed by atoms with Gasteiger partial charge < -0.3 is 34.2 Å². The van der Waals surface area contributed by atoms with Crippen LogP contribution in [0.25, 0.3) is 54.7 Å². The van der Waals surface area contributed by atoms with E-state index >= 15 is 0 Å². The number of aliphatic imine (C=N–C) groups is 2. The number of carboxylic acids is 1. The van der Waals surface area contributed by atoms with Gasteiger partial charge in [-0.15, -0.1) is 0 Å². The van der Waals surface area contributed by atoms with Crippen molar-refractivity contribution < 1.29 is 66.1 Å². The molecule has 2 aliphatic rings. The van der Waals surface area contributed by atoms with Crippen molar-refractivity contribution in [1.29, 1.82) is 0 Å². The van der Waals surface area contributed by atoms with Crippen LogP contribution in [0, 0.1) is 0 Å². The first-order valence-corrected chi connectivity index (χ1v) is 34.4. The first kappa shape index (κ1) is 84.8. The van der Waals surface area contributed by atoms with Crippen molar-refractivity contribution >= 4 is 125 Å². The zero-order chi connectivity index (χ0) is 75.3. The van der Waals surface area contributed by atoms with Crippen LogP contribution in [0.4, 0.5) is 16.2 Å². The molecule has 11 rings (SSSR count). The molecule has 0 bridgehead atoms. The summed E-state index contributed by atoms with van der Waals surface area (Å²) in [5.41, 5.74) is 15.4. The number of aliphatic hydroxyl groups is 1. The summed E-state index contributed by atoms with van der Waals surface area (Å²) in [6, 6.07) is 65.2. The van der Waals surface area contributed by atoms with Crippen LogP contribution in [0.15, 0.2) is 292 Å². The number of cyclic esters (lactones) is 2.